The maximum Gasteiger partial charge on any atom is 0.223 e. The fraction of sp³-hybridized carbons (Fsp3) is 0.500. The first-order valence-corrected chi connectivity index (χ1v) is 9.75. The molecule has 2 aromatic carbocycles. The van der Waals surface area contributed by atoms with Crippen molar-refractivity contribution >= 4 is 29.1 Å². The van der Waals surface area contributed by atoms with Crippen LogP contribution in [-0.4, -0.2) is 19.1 Å². The number of ether oxygens (including phenoxy) is 1. The van der Waals surface area contributed by atoms with Gasteiger partial charge < -0.3 is 15.8 Å². The molecule has 0 spiro atoms. The molecule has 27 heavy (non-hydrogen) atoms. The number of hydrogen-bond donors (Lipinski definition) is 2. The Morgan fingerprint density at radius 2 is 1.85 bits per heavy atom. The maximum atomic E-state index is 12.9. The Morgan fingerprint density at radius 3 is 2.56 bits per heavy atom. The van der Waals surface area contributed by atoms with Crippen molar-refractivity contribution in [2.75, 3.05) is 7.11 Å². The van der Waals surface area contributed by atoms with E-state index in [9.17, 15) is 4.79 Å². The summed E-state index contributed by atoms with van der Waals surface area (Å²) in [5.41, 5.74) is 7.41. The van der Waals surface area contributed by atoms with E-state index in [-0.39, 0.29) is 24.2 Å². The molecule has 2 bridgehead atoms. The molecule has 146 valence electrons. The van der Waals surface area contributed by atoms with E-state index in [1.165, 1.54) is 19.3 Å². The molecule has 2 saturated carbocycles. The summed E-state index contributed by atoms with van der Waals surface area (Å²) in [6.07, 6.45) is 5.51. The van der Waals surface area contributed by atoms with Crippen molar-refractivity contribution in [2.24, 2.45) is 23.5 Å². The average Bonchev–Trinajstić information content (AvgIpc) is 2.65. The summed E-state index contributed by atoms with van der Waals surface area (Å²) in [5.74, 6) is 2.14. The van der Waals surface area contributed by atoms with Crippen LogP contribution in [0.1, 0.15) is 37.7 Å². The first kappa shape index (κ1) is 20.0. The summed E-state index contributed by atoms with van der Waals surface area (Å²) in [6, 6.07) is 12.6. The lowest BCUT2D eigenvalue weighted by Gasteiger charge is -2.43. The summed E-state index contributed by atoms with van der Waals surface area (Å²) in [7, 11) is 1.68. The van der Waals surface area contributed by atoms with Gasteiger partial charge in [0.25, 0.3) is 0 Å². The lowest BCUT2D eigenvalue weighted by Crippen LogP contribution is -2.49. The highest BCUT2D eigenvalue weighted by atomic mass is 35.5. The summed E-state index contributed by atoms with van der Waals surface area (Å²) < 4.78 is 5.54. The Hall–Kier alpha value is -1.78. The highest BCUT2D eigenvalue weighted by molar-refractivity contribution is 5.88. The number of nitrogens with one attached hydrogen (secondary N) is 1. The Balaban J connectivity index is 0.00000210. The van der Waals surface area contributed by atoms with E-state index in [1.807, 2.05) is 18.2 Å². The molecular weight excluding hydrogens is 360 g/mol. The SMILES string of the molecule is COc1ccc2ccccc2c1CNC(=O)C1CC2CCCC(C1)C2N.Cl. The van der Waals surface area contributed by atoms with Crippen LogP contribution in [0.25, 0.3) is 10.8 Å². The number of rotatable bonds is 4. The molecule has 3 N–H and O–H groups in total. The summed E-state index contributed by atoms with van der Waals surface area (Å²) in [6.45, 7) is 0.501. The fourth-order valence-corrected chi connectivity index (χ4v) is 5.01. The second-order valence-electron chi connectivity index (χ2n) is 7.88. The second-order valence-corrected chi connectivity index (χ2v) is 7.88. The van der Waals surface area contributed by atoms with Gasteiger partial charge in [-0.05, 0) is 54.4 Å². The molecule has 5 heteroatoms. The maximum absolute atomic E-state index is 12.9. The predicted molar refractivity (Wildman–Crippen MR) is 111 cm³/mol. The van der Waals surface area contributed by atoms with Crippen molar-refractivity contribution in [2.45, 2.75) is 44.7 Å². The predicted octanol–water partition coefficient (Wildman–Crippen LogP) is 4.04. The molecule has 0 aliphatic heterocycles. The topological polar surface area (TPSA) is 64.3 Å². The number of hydrogen-bond acceptors (Lipinski definition) is 3. The van der Waals surface area contributed by atoms with Crippen LogP contribution in [0.2, 0.25) is 0 Å². The monoisotopic (exact) mass is 388 g/mol. The van der Waals surface area contributed by atoms with Gasteiger partial charge in [-0.1, -0.05) is 36.8 Å². The van der Waals surface area contributed by atoms with Crippen LogP contribution in [-0.2, 0) is 11.3 Å². The highest BCUT2D eigenvalue weighted by Gasteiger charge is 2.40. The van der Waals surface area contributed by atoms with Crippen molar-refractivity contribution < 1.29 is 9.53 Å². The summed E-state index contributed by atoms with van der Waals surface area (Å²) in [4.78, 5) is 12.9. The molecule has 0 saturated heterocycles. The molecule has 4 nitrogen and oxygen atoms in total. The minimum Gasteiger partial charge on any atom is -0.496 e. The number of nitrogens with two attached hydrogens (primary N) is 1. The summed E-state index contributed by atoms with van der Waals surface area (Å²) in [5, 5.41) is 5.48. The van der Waals surface area contributed by atoms with Crippen LogP contribution < -0.4 is 15.8 Å². The third-order valence-electron chi connectivity index (χ3n) is 6.44. The molecule has 2 aromatic rings. The van der Waals surface area contributed by atoms with Gasteiger partial charge in [-0.3, -0.25) is 4.79 Å². The number of carbonyl (C=O) groups excluding carboxylic acids is 1. The fourth-order valence-electron chi connectivity index (χ4n) is 5.01. The van der Waals surface area contributed by atoms with Crippen LogP contribution >= 0.6 is 12.4 Å². The number of fused-ring (bicyclic) bond motifs is 3. The van der Waals surface area contributed by atoms with Gasteiger partial charge in [-0.25, -0.2) is 0 Å². The molecule has 2 aliphatic carbocycles. The summed E-state index contributed by atoms with van der Waals surface area (Å²) >= 11 is 0. The van der Waals surface area contributed by atoms with Gasteiger partial charge in [0.05, 0.1) is 7.11 Å². The van der Waals surface area contributed by atoms with Crippen LogP contribution in [0.5, 0.6) is 5.75 Å². The zero-order valence-corrected chi connectivity index (χ0v) is 16.6. The van der Waals surface area contributed by atoms with Gasteiger partial charge in [-0.2, -0.15) is 0 Å². The average molecular weight is 389 g/mol. The number of carbonyl (C=O) groups is 1. The Kier molecular flexibility index (Phi) is 6.28. The Bertz CT molecular complexity index is 796. The number of halogens is 1. The van der Waals surface area contributed by atoms with E-state index in [4.69, 9.17) is 10.5 Å². The van der Waals surface area contributed by atoms with E-state index in [0.717, 1.165) is 34.9 Å². The van der Waals surface area contributed by atoms with Crippen molar-refractivity contribution in [1.29, 1.82) is 0 Å². The second kappa shape index (κ2) is 8.49. The largest absolute Gasteiger partial charge is 0.496 e. The van der Waals surface area contributed by atoms with Gasteiger partial charge in [0.1, 0.15) is 5.75 Å². The van der Waals surface area contributed by atoms with Crippen molar-refractivity contribution in [3.05, 3.63) is 42.0 Å². The molecule has 2 unspecified atom stereocenters. The lowest BCUT2D eigenvalue weighted by atomic mass is 9.65. The highest BCUT2D eigenvalue weighted by Crippen LogP contribution is 2.42. The smallest absolute Gasteiger partial charge is 0.223 e. The van der Waals surface area contributed by atoms with Crippen LogP contribution in [0.15, 0.2) is 36.4 Å². The molecule has 2 fully saturated rings. The van der Waals surface area contributed by atoms with E-state index in [1.54, 1.807) is 7.11 Å². The Morgan fingerprint density at radius 1 is 1.15 bits per heavy atom. The lowest BCUT2D eigenvalue weighted by molar-refractivity contribution is -0.128. The first-order chi connectivity index (χ1) is 12.7. The van der Waals surface area contributed by atoms with Crippen molar-refractivity contribution in [1.82, 2.24) is 5.32 Å². The standard InChI is InChI=1S/C22H28N2O2.ClH/c1-26-20-10-9-14-5-2-3-8-18(14)19(20)13-24-22(25)17-11-15-6-4-7-16(12-17)21(15)23;/h2-3,5,8-10,15-17,21H,4,6-7,11-13,23H2,1H3,(H,24,25);1H. The van der Waals surface area contributed by atoms with E-state index in [2.05, 4.69) is 23.5 Å². The van der Waals surface area contributed by atoms with Crippen molar-refractivity contribution in [3.8, 4) is 5.75 Å². The van der Waals surface area contributed by atoms with Gasteiger partial charge in [0.2, 0.25) is 5.91 Å². The minimum absolute atomic E-state index is 0. The third kappa shape index (κ3) is 3.92. The van der Waals surface area contributed by atoms with E-state index >= 15 is 0 Å². The van der Waals surface area contributed by atoms with Crippen LogP contribution in [0, 0.1) is 17.8 Å². The number of methoxy groups -OCH3 is 1. The number of amides is 1. The van der Waals surface area contributed by atoms with Gasteiger partial charge in [-0.15, -0.1) is 12.4 Å². The molecule has 0 radical (unpaired) electrons. The van der Waals surface area contributed by atoms with Gasteiger partial charge in [0.15, 0.2) is 0 Å². The van der Waals surface area contributed by atoms with Crippen LogP contribution in [0.3, 0.4) is 0 Å². The third-order valence-corrected chi connectivity index (χ3v) is 6.44. The minimum atomic E-state index is 0. The molecule has 2 atom stereocenters. The zero-order valence-electron chi connectivity index (χ0n) is 15.8. The molecule has 4 rings (SSSR count). The molecular formula is C22H29ClN2O2. The van der Waals surface area contributed by atoms with Crippen LogP contribution in [0.4, 0.5) is 0 Å². The van der Waals surface area contributed by atoms with Crippen molar-refractivity contribution in [3.63, 3.8) is 0 Å². The number of benzene rings is 2. The molecule has 2 aliphatic rings. The van der Waals surface area contributed by atoms with Gasteiger partial charge in [0, 0.05) is 24.1 Å². The Labute approximate surface area is 167 Å². The molecule has 1 amide bonds. The van der Waals surface area contributed by atoms with E-state index in [0.29, 0.717) is 24.4 Å². The first-order valence-electron chi connectivity index (χ1n) is 9.75. The van der Waals surface area contributed by atoms with Gasteiger partial charge >= 0.3 is 0 Å². The molecule has 0 heterocycles. The normalized spacial score (nSPS) is 26.9. The quantitative estimate of drug-likeness (QED) is 0.830. The molecule has 0 aromatic heterocycles. The zero-order chi connectivity index (χ0) is 18.1. The van der Waals surface area contributed by atoms with E-state index < -0.39 is 0 Å².